The standard InChI is InChI=1S/C16H16N4O4S/c1-11-4-3-5-14(8-11)25(22,23)20-7-6-13(10-20)16(21)17-9-15-18-12(2)19-24-15/h3-8,10H,9H2,1-2H3,(H,17,21). The predicted octanol–water partition coefficient (Wildman–Crippen LogP) is 1.65. The molecule has 1 N–H and O–H groups in total. The Labute approximate surface area is 144 Å². The number of rotatable bonds is 5. The van der Waals surface area contributed by atoms with Gasteiger partial charge in [-0.25, -0.2) is 12.4 Å². The van der Waals surface area contributed by atoms with Crippen LogP contribution in [0.25, 0.3) is 0 Å². The van der Waals surface area contributed by atoms with Crippen LogP contribution in [0.4, 0.5) is 0 Å². The molecule has 1 aromatic carbocycles. The third-order valence-corrected chi connectivity index (χ3v) is 5.10. The van der Waals surface area contributed by atoms with Crippen molar-refractivity contribution in [1.29, 1.82) is 0 Å². The molecule has 0 aliphatic rings. The second kappa shape index (κ2) is 6.52. The highest BCUT2D eigenvalue weighted by atomic mass is 32.2. The molecule has 1 amide bonds. The molecule has 0 fully saturated rings. The first-order valence-electron chi connectivity index (χ1n) is 7.44. The van der Waals surface area contributed by atoms with Crippen LogP contribution < -0.4 is 5.32 Å². The Balaban J connectivity index is 1.76. The van der Waals surface area contributed by atoms with E-state index in [1.807, 2.05) is 13.0 Å². The second-order valence-electron chi connectivity index (χ2n) is 5.47. The number of nitrogens with one attached hydrogen (secondary N) is 1. The topological polar surface area (TPSA) is 107 Å². The molecule has 9 heteroatoms. The highest BCUT2D eigenvalue weighted by Gasteiger charge is 2.18. The van der Waals surface area contributed by atoms with Crippen molar-refractivity contribution in [3.8, 4) is 0 Å². The fraction of sp³-hybridized carbons (Fsp3) is 0.188. The number of carbonyl (C=O) groups excluding carboxylic acids is 1. The van der Waals surface area contributed by atoms with Gasteiger partial charge in [0.25, 0.3) is 15.9 Å². The Morgan fingerprint density at radius 3 is 2.76 bits per heavy atom. The van der Waals surface area contributed by atoms with Crippen LogP contribution in [0, 0.1) is 13.8 Å². The van der Waals surface area contributed by atoms with E-state index in [2.05, 4.69) is 15.5 Å². The lowest BCUT2D eigenvalue weighted by molar-refractivity contribution is 0.0946. The zero-order chi connectivity index (χ0) is 18.0. The van der Waals surface area contributed by atoms with Gasteiger partial charge in [0.1, 0.15) is 0 Å². The lowest BCUT2D eigenvalue weighted by Crippen LogP contribution is -2.22. The number of aryl methyl sites for hydroxylation is 2. The third-order valence-electron chi connectivity index (χ3n) is 3.46. The van der Waals surface area contributed by atoms with Gasteiger partial charge in [-0.2, -0.15) is 4.98 Å². The number of amides is 1. The van der Waals surface area contributed by atoms with Gasteiger partial charge in [0, 0.05) is 12.4 Å². The predicted molar refractivity (Wildman–Crippen MR) is 88.4 cm³/mol. The van der Waals surface area contributed by atoms with Crippen molar-refractivity contribution in [2.24, 2.45) is 0 Å². The molecular formula is C16H16N4O4S. The molecule has 0 unspecified atom stereocenters. The molecule has 2 aromatic heterocycles. The summed E-state index contributed by atoms with van der Waals surface area (Å²) < 4.78 is 31.1. The zero-order valence-corrected chi connectivity index (χ0v) is 14.4. The second-order valence-corrected chi connectivity index (χ2v) is 7.31. The smallest absolute Gasteiger partial charge is 0.267 e. The Hall–Kier alpha value is -2.94. The van der Waals surface area contributed by atoms with Gasteiger partial charge in [0.05, 0.1) is 17.0 Å². The van der Waals surface area contributed by atoms with Crippen LogP contribution in [-0.4, -0.2) is 28.4 Å². The Morgan fingerprint density at radius 2 is 2.08 bits per heavy atom. The summed E-state index contributed by atoms with van der Waals surface area (Å²) in [6.07, 6.45) is 2.61. The Kier molecular flexibility index (Phi) is 4.41. The summed E-state index contributed by atoms with van der Waals surface area (Å²) in [4.78, 5) is 16.3. The van der Waals surface area contributed by atoms with Crippen molar-refractivity contribution in [2.45, 2.75) is 25.3 Å². The fourth-order valence-electron chi connectivity index (χ4n) is 2.23. The first-order chi connectivity index (χ1) is 11.9. The molecule has 3 rings (SSSR count). The normalized spacial score (nSPS) is 11.4. The quantitative estimate of drug-likeness (QED) is 0.741. The molecule has 25 heavy (non-hydrogen) atoms. The van der Waals surface area contributed by atoms with Crippen LogP contribution in [0.5, 0.6) is 0 Å². The number of carbonyl (C=O) groups is 1. The fourth-order valence-corrected chi connectivity index (χ4v) is 3.53. The van der Waals surface area contributed by atoms with E-state index in [0.717, 1.165) is 9.54 Å². The molecular weight excluding hydrogens is 344 g/mol. The van der Waals surface area contributed by atoms with Gasteiger partial charge >= 0.3 is 0 Å². The Morgan fingerprint density at radius 1 is 1.28 bits per heavy atom. The minimum atomic E-state index is -3.74. The molecule has 0 spiro atoms. The van der Waals surface area contributed by atoms with Crippen LogP contribution in [0.1, 0.15) is 27.6 Å². The van der Waals surface area contributed by atoms with E-state index < -0.39 is 15.9 Å². The summed E-state index contributed by atoms with van der Waals surface area (Å²) in [5.41, 5.74) is 1.05. The van der Waals surface area contributed by atoms with Gasteiger partial charge in [-0.05, 0) is 37.6 Å². The minimum absolute atomic E-state index is 0.0650. The molecule has 3 aromatic rings. The Bertz CT molecular complexity index is 1020. The highest BCUT2D eigenvalue weighted by Crippen LogP contribution is 2.16. The van der Waals surface area contributed by atoms with E-state index in [0.29, 0.717) is 5.82 Å². The van der Waals surface area contributed by atoms with Gasteiger partial charge in [-0.15, -0.1) is 0 Å². The van der Waals surface area contributed by atoms with Gasteiger partial charge in [0.15, 0.2) is 5.82 Å². The SMILES string of the molecule is Cc1cccc(S(=O)(=O)n2ccc(C(=O)NCc3nc(C)no3)c2)c1. The van der Waals surface area contributed by atoms with E-state index in [1.165, 1.54) is 24.5 Å². The summed E-state index contributed by atoms with van der Waals surface area (Å²) in [6, 6.07) is 8.01. The number of hydrogen-bond donors (Lipinski definition) is 1. The third kappa shape index (κ3) is 3.61. The van der Waals surface area contributed by atoms with Crippen molar-refractivity contribution >= 4 is 15.9 Å². The molecule has 8 nitrogen and oxygen atoms in total. The first-order valence-corrected chi connectivity index (χ1v) is 8.88. The van der Waals surface area contributed by atoms with E-state index >= 15 is 0 Å². The van der Waals surface area contributed by atoms with Gasteiger partial charge < -0.3 is 9.84 Å². The number of benzene rings is 1. The summed E-state index contributed by atoms with van der Waals surface area (Å²) in [5.74, 6) is 0.311. The lowest BCUT2D eigenvalue weighted by atomic mass is 10.2. The largest absolute Gasteiger partial charge is 0.343 e. The van der Waals surface area contributed by atoms with E-state index in [9.17, 15) is 13.2 Å². The van der Waals surface area contributed by atoms with E-state index in [1.54, 1.807) is 19.1 Å². The monoisotopic (exact) mass is 360 g/mol. The van der Waals surface area contributed by atoms with Gasteiger partial charge in [-0.1, -0.05) is 17.3 Å². The molecule has 0 aliphatic heterocycles. The lowest BCUT2D eigenvalue weighted by Gasteiger charge is -2.06. The van der Waals surface area contributed by atoms with Crippen molar-refractivity contribution in [3.05, 3.63) is 65.6 Å². The summed E-state index contributed by atoms with van der Waals surface area (Å²) >= 11 is 0. The van der Waals surface area contributed by atoms with Crippen LogP contribution in [-0.2, 0) is 16.6 Å². The van der Waals surface area contributed by atoms with E-state index in [-0.39, 0.29) is 22.9 Å². The maximum atomic E-state index is 12.6. The van der Waals surface area contributed by atoms with E-state index in [4.69, 9.17) is 4.52 Å². The number of hydrogen-bond acceptors (Lipinski definition) is 6. The molecule has 0 radical (unpaired) electrons. The zero-order valence-electron chi connectivity index (χ0n) is 13.6. The van der Waals surface area contributed by atoms with Crippen LogP contribution in [0.3, 0.4) is 0 Å². The van der Waals surface area contributed by atoms with Gasteiger partial charge in [-0.3, -0.25) is 4.79 Å². The molecule has 2 heterocycles. The average Bonchev–Trinajstić information content (AvgIpc) is 3.22. The van der Waals surface area contributed by atoms with Crippen LogP contribution in [0.15, 0.2) is 52.1 Å². The molecule has 0 saturated carbocycles. The van der Waals surface area contributed by atoms with Gasteiger partial charge in [0.2, 0.25) is 5.89 Å². The van der Waals surface area contributed by atoms with Crippen LogP contribution in [0.2, 0.25) is 0 Å². The summed E-state index contributed by atoms with van der Waals surface area (Å²) in [6.45, 7) is 3.55. The average molecular weight is 360 g/mol. The molecule has 0 saturated heterocycles. The number of aromatic nitrogens is 3. The van der Waals surface area contributed by atoms with Crippen molar-refractivity contribution in [2.75, 3.05) is 0 Å². The maximum Gasteiger partial charge on any atom is 0.267 e. The minimum Gasteiger partial charge on any atom is -0.343 e. The van der Waals surface area contributed by atoms with Crippen molar-refractivity contribution in [3.63, 3.8) is 0 Å². The molecule has 0 atom stereocenters. The molecule has 130 valence electrons. The summed E-state index contributed by atoms with van der Waals surface area (Å²) in [5, 5.41) is 6.22. The summed E-state index contributed by atoms with van der Waals surface area (Å²) in [7, 11) is -3.74. The molecule has 0 aliphatic carbocycles. The van der Waals surface area contributed by atoms with Crippen molar-refractivity contribution in [1.82, 2.24) is 19.4 Å². The molecule has 0 bridgehead atoms. The highest BCUT2D eigenvalue weighted by molar-refractivity contribution is 7.90. The van der Waals surface area contributed by atoms with Crippen molar-refractivity contribution < 1.29 is 17.7 Å². The number of nitrogens with zero attached hydrogens (tertiary/aromatic N) is 3. The maximum absolute atomic E-state index is 12.6. The first kappa shape index (κ1) is 16.9. The van der Waals surface area contributed by atoms with Crippen LogP contribution >= 0.6 is 0 Å².